The second kappa shape index (κ2) is 9.25. The third-order valence-electron chi connectivity index (χ3n) is 5.54. The lowest BCUT2D eigenvalue weighted by Gasteiger charge is -2.29. The van der Waals surface area contributed by atoms with Gasteiger partial charge in [0.05, 0.1) is 5.56 Å². The fraction of sp³-hybridized carbons (Fsp3) is 0.435. The Morgan fingerprint density at radius 1 is 1.18 bits per heavy atom. The van der Waals surface area contributed by atoms with E-state index in [0.717, 1.165) is 39.6 Å². The summed E-state index contributed by atoms with van der Waals surface area (Å²) < 4.78 is 20.4. The highest BCUT2D eigenvalue weighted by Gasteiger charge is 2.27. The van der Waals surface area contributed by atoms with Crippen LogP contribution in [0.1, 0.15) is 59.7 Å². The lowest BCUT2D eigenvalue weighted by atomic mass is 10.0. The van der Waals surface area contributed by atoms with Crippen molar-refractivity contribution in [3.8, 4) is 5.75 Å². The van der Waals surface area contributed by atoms with Gasteiger partial charge in [-0.25, -0.2) is 4.39 Å². The molecule has 1 amide bonds. The summed E-state index contributed by atoms with van der Waals surface area (Å²) in [5.74, 6) is 0.457. The number of hydrogen-bond donors (Lipinski definition) is 0. The number of rotatable bonds is 4. The van der Waals surface area contributed by atoms with Gasteiger partial charge in [-0.1, -0.05) is 18.9 Å². The largest absolute Gasteiger partial charge is 0.489 e. The lowest BCUT2D eigenvalue weighted by Crippen LogP contribution is -2.39. The van der Waals surface area contributed by atoms with Crippen molar-refractivity contribution in [2.75, 3.05) is 6.54 Å². The van der Waals surface area contributed by atoms with E-state index in [0.29, 0.717) is 11.3 Å². The number of carbonyl (C=O) groups is 1. The molecule has 1 aliphatic heterocycles. The number of aryl methyl sites for hydroxylation is 2. The van der Waals surface area contributed by atoms with Crippen molar-refractivity contribution < 1.29 is 13.9 Å². The van der Waals surface area contributed by atoms with Crippen molar-refractivity contribution in [1.29, 1.82) is 0 Å². The van der Waals surface area contributed by atoms with Gasteiger partial charge in [0.2, 0.25) is 0 Å². The molecular formula is C23H27FINO2. The summed E-state index contributed by atoms with van der Waals surface area (Å²) in [6, 6.07) is 9.01. The molecular weight excluding hydrogens is 468 g/mol. The number of carbonyl (C=O) groups excluding carboxylic acids is 1. The van der Waals surface area contributed by atoms with Crippen molar-refractivity contribution in [3.05, 3.63) is 62.0 Å². The predicted molar refractivity (Wildman–Crippen MR) is 118 cm³/mol. The summed E-state index contributed by atoms with van der Waals surface area (Å²) in [5.41, 5.74) is 3.24. The Bertz CT molecular complexity index is 868. The van der Waals surface area contributed by atoms with Crippen LogP contribution >= 0.6 is 22.6 Å². The van der Waals surface area contributed by atoms with Gasteiger partial charge in [0.1, 0.15) is 18.2 Å². The Hall–Kier alpha value is -1.63. The third-order valence-corrected chi connectivity index (χ3v) is 6.44. The molecule has 3 nitrogen and oxygen atoms in total. The summed E-state index contributed by atoms with van der Waals surface area (Å²) >= 11 is 2.24. The van der Waals surface area contributed by atoms with Crippen molar-refractivity contribution >= 4 is 28.5 Å². The molecule has 0 aliphatic carbocycles. The summed E-state index contributed by atoms with van der Waals surface area (Å²) in [7, 11) is 0. The fourth-order valence-corrected chi connectivity index (χ4v) is 4.46. The van der Waals surface area contributed by atoms with Gasteiger partial charge < -0.3 is 9.64 Å². The van der Waals surface area contributed by atoms with Gasteiger partial charge in [-0.2, -0.15) is 0 Å². The number of ether oxygens (including phenoxy) is 1. The molecule has 0 saturated carbocycles. The van der Waals surface area contributed by atoms with Crippen LogP contribution in [0.4, 0.5) is 4.39 Å². The van der Waals surface area contributed by atoms with Crippen LogP contribution in [0.2, 0.25) is 0 Å². The monoisotopic (exact) mass is 495 g/mol. The maximum atomic E-state index is 13.5. The molecule has 0 N–H and O–H groups in total. The molecule has 28 heavy (non-hydrogen) atoms. The molecule has 5 heteroatoms. The first-order chi connectivity index (χ1) is 13.4. The maximum Gasteiger partial charge on any atom is 0.255 e. The molecule has 3 rings (SSSR count). The Morgan fingerprint density at radius 2 is 1.96 bits per heavy atom. The summed E-state index contributed by atoms with van der Waals surface area (Å²) in [6.45, 7) is 6.96. The van der Waals surface area contributed by atoms with E-state index < -0.39 is 0 Å². The fourth-order valence-electron chi connectivity index (χ4n) is 3.72. The molecule has 0 aromatic heterocycles. The van der Waals surface area contributed by atoms with Gasteiger partial charge in [-0.15, -0.1) is 0 Å². The van der Waals surface area contributed by atoms with E-state index in [2.05, 4.69) is 29.5 Å². The van der Waals surface area contributed by atoms with E-state index in [1.54, 1.807) is 19.1 Å². The third kappa shape index (κ3) is 4.67. The molecule has 1 unspecified atom stereocenters. The second-order valence-electron chi connectivity index (χ2n) is 7.61. The summed E-state index contributed by atoms with van der Waals surface area (Å²) in [6.07, 6.45) is 4.46. The quantitative estimate of drug-likeness (QED) is 0.485. The van der Waals surface area contributed by atoms with Crippen LogP contribution in [0.5, 0.6) is 5.75 Å². The molecule has 0 spiro atoms. The molecule has 2 aromatic carbocycles. The topological polar surface area (TPSA) is 29.5 Å². The number of likely N-dealkylation sites (tertiary alicyclic amines) is 1. The van der Waals surface area contributed by atoms with Gasteiger partial charge in [-0.05, 0) is 91.6 Å². The van der Waals surface area contributed by atoms with Crippen LogP contribution in [0, 0.1) is 23.2 Å². The van der Waals surface area contributed by atoms with E-state index in [-0.39, 0.29) is 24.4 Å². The number of hydrogen-bond acceptors (Lipinski definition) is 2. The first kappa shape index (κ1) is 21.1. The minimum absolute atomic E-state index is 0.0939. The van der Waals surface area contributed by atoms with Gasteiger partial charge in [0.15, 0.2) is 0 Å². The highest BCUT2D eigenvalue weighted by Crippen LogP contribution is 2.27. The SMILES string of the molecule is Cc1cc(OCc2c(C)ccc(I)c2C(=O)N2CCCCCC2C)ccc1F. The average molecular weight is 495 g/mol. The van der Waals surface area contributed by atoms with Gasteiger partial charge >= 0.3 is 0 Å². The van der Waals surface area contributed by atoms with Crippen LogP contribution in [0.25, 0.3) is 0 Å². The molecule has 1 fully saturated rings. The van der Waals surface area contributed by atoms with Gasteiger partial charge in [-0.3, -0.25) is 4.79 Å². The molecule has 2 aromatic rings. The maximum absolute atomic E-state index is 13.5. The Balaban J connectivity index is 1.89. The first-order valence-corrected chi connectivity index (χ1v) is 10.9. The van der Waals surface area contributed by atoms with Crippen LogP contribution in [0.15, 0.2) is 30.3 Å². The minimum Gasteiger partial charge on any atom is -0.489 e. The average Bonchev–Trinajstić information content (AvgIpc) is 2.89. The highest BCUT2D eigenvalue weighted by atomic mass is 127. The van der Waals surface area contributed by atoms with Crippen LogP contribution in [-0.2, 0) is 6.61 Å². The van der Waals surface area contributed by atoms with Crippen LogP contribution in [0.3, 0.4) is 0 Å². The summed E-state index contributed by atoms with van der Waals surface area (Å²) in [5, 5.41) is 0. The number of benzene rings is 2. The smallest absolute Gasteiger partial charge is 0.255 e. The normalized spacial score (nSPS) is 17.3. The van der Waals surface area contributed by atoms with Gasteiger partial charge in [0.25, 0.3) is 5.91 Å². The van der Waals surface area contributed by atoms with E-state index in [9.17, 15) is 9.18 Å². The van der Waals surface area contributed by atoms with Gasteiger partial charge in [0, 0.05) is 21.7 Å². The lowest BCUT2D eigenvalue weighted by molar-refractivity contribution is 0.0694. The highest BCUT2D eigenvalue weighted by molar-refractivity contribution is 14.1. The van der Waals surface area contributed by atoms with Crippen LogP contribution < -0.4 is 4.74 Å². The Kier molecular flexibility index (Phi) is 6.96. The standard InChI is InChI=1S/C23H27FINO2/c1-15-8-11-21(25)22(23(27)26-12-6-4-5-7-17(26)3)19(15)14-28-18-9-10-20(24)16(2)13-18/h8-11,13,17H,4-7,12,14H2,1-3H3. The molecule has 1 aliphatic rings. The van der Waals surface area contributed by atoms with E-state index in [4.69, 9.17) is 4.74 Å². The van der Waals surface area contributed by atoms with E-state index in [1.165, 1.54) is 18.9 Å². The number of amides is 1. The van der Waals surface area contributed by atoms with Crippen molar-refractivity contribution in [1.82, 2.24) is 4.90 Å². The molecule has 150 valence electrons. The molecule has 1 heterocycles. The molecule has 0 radical (unpaired) electrons. The van der Waals surface area contributed by atoms with E-state index in [1.807, 2.05) is 24.0 Å². The zero-order valence-electron chi connectivity index (χ0n) is 16.7. The van der Waals surface area contributed by atoms with Crippen molar-refractivity contribution in [2.24, 2.45) is 0 Å². The molecule has 1 atom stereocenters. The zero-order chi connectivity index (χ0) is 20.3. The van der Waals surface area contributed by atoms with Crippen molar-refractivity contribution in [2.45, 2.75) is 59.1 Å². The second-order valence-corrected chi connectivity index (χ2v) is 8.78. The Morgan fingerprint density at radius 3 is 2.71 bits per heavy atom. The van der Waals surface area contributed by atoms with E-state index >= 15 is 0 Å². The zero-order valence-corrected chi connectivity index (χ0v) is 18.9. The molecule has 1 saturated heterocycles. The predicted octanol–water partition coefficient (Wildman–Crippen LogP) is 6.03. The minimum atomic E-state index is -0.246. The summed E-state index contributed by atoms with van der Waals surface area (Å²) in [4.78, 5) is 15.5. The first-order valence-electron chi connectivity index (χ1n) is 9.86. The Labute approximate surface area is 180 Å². The number of halogens is 2. The van der Waals surface area contributed by atoms with Crippen molar-refractivity contribution in [3.63, 3.8) is 0 Å². The number of nitrogens with zero attached hydrogens (tertiary/aromatic N) is 1. The molecule has 0 bridgehead atoms. The van der Waals surface area contributed by atoms with Crippen LogP contribution in [-0.4, -0.2) is 23.4 Å².